The highest BCUT2D eigenvalue weighted by Crippen LogP contribution is 2.45. The number of piperidine rings is 1. The number of anilines is 2. The molecule has 9 heteroatoms. The van der Waals surface area contributed by atoms with E-state index < -0.39 is 0 Å². The minimum atomic E-state index is -0.244. The molecule has 5 heterocycles. The van der Waals surface area contributed by atoms with Gasteiger partial charge in [0.2, 0.25) is 11.9 Å². The molecule has 3 atom stereocenters. The first-order valence-electron chi connectivity index (χ1n) is 12.0. The van der Waals surface area contributed by atoms with Crippen LogP contribution in [0.15, 0.2) is 29.6 Å². The summed E-state index contributed by atoms with van der Waals surface area (Å²) < 4.78 is 11.6. The molecule has 3 fully saturated rings. The van der Waals surface area contributed by atoms with Gasteiger partial charge in [-0.1, -0.05) is 18.2 Å². The Bertz CT molecular complexity index is 1210. The number of hydrogen-bond donors (Lipinski definition) is 1. The molecular formula is C25H29N5O3S. The minimum Gasteiger partial charge on any atom is -0.496 e. The van der Waals surface area contributed by atoms with Crippen LogP contribution in [0.1, 0.15) is 25.7 Å². The molecule has 8 nitrogen and oxygen atoms in total. The van der Waals surface area contributed by atoms with Crippen molar-refractivity contribution in [2.45, 2.75) is 37.8 Å². The van der Waals surface area contributed by atoms with Crippen LogP contribution >= 0.6 is 11.3 Å². The van der Waals surface area contributed by atoms with Crippen molar-refractivity contribution in [1.82, 2.24) is 9.97 Å². The molecule has 6 rings (SSSR count). The number of fused-ring (bicyclic) bond motifs is 3. The monoisotopic (exact) mass is 479 g/mol. The van der Waals surface area contributed by atoms with Crippen molar-refractivity contribution in [2.24, 2.45) is 11.7 Å². The molecule has 178 valence electrons. The number of amides is 1. The Hall–Kier alpha value is -2.91. The summed E-state index contributed by atoms with van der Waals surface area (Å²) in [5, 5.41) is 3.23. The maximum Gasteiger partial charge on any atom is 0.228 e. The van der Waals surface area contributed by atoms with E-state index in [0.717, 1.165) is 78.4 Å². The van der Waals surface area contributed by atoms with Gasteiger partial charge in [0.15, 0.2) is 0 Å². The molecule has 1 amide bonds. The highest BCUT2D eigenvalue weighted by molar-refractivity contribution is 7.17. The SMILES string of the molecule is COc1ccccc1-c1csc2nc(N3CCCC(C(N)=O)C3)nc(N3C4CCC3COC4)c12. The van der Waals surface area contributed by atoms with Crippen LogP contribution in [0.25, 0.3) is 21.3 Å². The van der Waals surface area contributed by atoms with Gasteiger partial charge < -0.3 is 25.0 Å². The van der Waals surface area contributed by atoms with Gasteiger partial charge in [0.25, 0.3) is 0 Å². The van der Waals surface area contributed by atoms with Gasteiger partial charge in [-0.05, 0) is 31.7 Å². The summed E-state index contributed by atoms with van der Waals surface area (Å²) in [6.45, 7) is 2.84. The lowest BCUT2D eigenvalue weighted by Crippen LogP contribution is -2.47. The molecule has 3 saturated heterocycles. The number of para-hydroxylation sites is 1. The predicted octanol–water partition coefficient (Wildman–Crippen LogP) is 3.44. The average Bonchev–Trinajstić information content (AvgIpc) is 3.40. The predicted molar refractivity (Wildman–Crippen MR) is 134 cm³/mol. The van der Waals surface area contributed by atoms with Gasteiger partial charge in [0.1, 0.15) is 16.4 Å². The van der Waals surface area contributed by atoms with Crippen molar-refractivity contribution in [3.63, 3.8) is 0 Å². The lowest BCUT2D eigenvalue weighted by atomic mass is 9.98. The number of carbonyl (C=O) groups is 1. The van der Waals surface area contributed by atoms with Crippen LogP contribution in [-0.4, -0.2) is 61.4 Å². The number of nitrogens with two attached hydrogens (primary N) is 1. The number of aromatic nitrogens is 2. The van der Waals surface area contributed by atoms with Gasteiger partial charge in [-0.2, -0.15) is 4.98 Å². The number of rotatable bonds is 5. The van der Waals surface area contributed by atoms with Gasteiger partial charge in [-0.25, -0.2) is 4.98 Å². The summed E-state index contributed by atoms with van der Waals surface area (Å²) in [6.07, 6.45) is 3.94. The zero-order chi connectivity index (χ0) is 23.2. The van der Waals surface area contributed by atoms with E-state index in [0.29, 0.717) is 24.6 Å². The van der Waals surface area contributed by atoms with Gasteiger partial charge >= 0.3 is 0 Å². The van der Waals surface area contributed by atoms with E-state index in [-0.39, 0.29) is 11.8 Å². The van der Waals surface area contributed by atoms with Gasteiger partial charge in [0.05, 0.1) is 43.7 Å². The van der Waals surface area contributed by atoms with Crippen LogP contribution < -0.4 is 20.3 Å². The fraction of sp³-hybridized carbons (Fsp3) is 0.480. The van der Waals surface area contributed by atoms with E-state index in [4.69, 9.17) is 25.2 Å². The summed E-state index contributed by atoms with van der Waals surface area (Å²) in [5.74, 6) is 2.09. The van der Waals surface area contributed by atoms with E-state index >= 15 is 0 Å². The fourth-order valence-electron chi connectivity index (χ4n) is 5.67. The summed E-state index contributed by atoms with van der Waals surface area (Å²) >= 11 is 1.63. The number of ether oxygens (including phenoxy) is 2. The van der Waals surface area contributed by atoms with E-state index in [1.165, 1.54) is 0 Å². The van der Waals surface area contributed by atoms with Crippen LogP contribution in [0.3, 0.4) is 0 Å². The third kappa shape index (κ3) is 3.58. The maximum absolute atomic E-state index is 11.9. The Labute approximate surface area is 202 Å². The van der Waals surface area contributed by atoms with Crippen LogP contribution in [-0.2, 0) is 9.53 Å². The topological polar surface area (TPSA) is 93.8 Å². The standard InChI is InChI=1S/C25H29N5O3S/c1-32-20-7-3-2-6-18(20)19-14-34-24-21(19)23(30-16-8-9-17(30)13-33-12-16)27-25(28-24)29-10-4-5-15(11-29)22(26)31/h2-3,6-7,14-17H,4-5,8-13H2,1H3,(H2,26,31). The number of primary amides is 1. The maximum atomic E-state index is 11.9. The van der Waals surface area contributed by atoms with Crippen molar-refractivity contribution in [3.05, 3.63) is 29.6 Å². The Morgan fingerprint density at radius 1 is 1.15 bits per heavy atom. The third-order valence-corrected chi connectivity index (χ3v) is 8.26. The van der Waals surface area contributed by atoms with E-state index in [1.54, 1.807) is 18.4 Å². The second kappa shape index (κ2) is 8.70. The highest BCUT2D eigenvalue weighted by atomic mass is 32.1. The Morgan fingerprint density at radius 2 is 1.94 bits per heavy atom. The van der Waals surface area contributed by atoms with Crippen molar-refractivity contribution in [2.75, 3.05) is 43.2 Å². The van der Waals surface area contributed by atoms with Crippen LogP contribution in [0, 0.1) is 5.92 Å². The number of carbonyl (C=O) groups excluding carboxylic acids is 1. The average molecular weight is 480 g/mol. The van der Waals surface area contributed by atoms with Crippen molar-refractivity contribution >= 4 is 39.2 Å². The number of thiophene rings is 1. The van der Waals surface area contributed by atoms with Crippen LogP contribution in [0.2, 0.25) is 0 Å². The molecule has 2 aromatic heterocycles. The number of morpholine rings is 1. The van der Waals surface area contributed by atoms with Gasteiger partial charge in [-0.15, -0.1) is 11.3 Å². The first-order valence-corrected chi connectivity index (χ1v) is 12.8. The Balaban J connectivity index is 1.52. The normalized spacial score (nSPS) is 24.6. The summed E-state index contributed by atoms with van der Waals surface area (Å²) in [5.41, 5.74) is 7.78. The molecule has 1 aromatic carbocycles. The lowest BCUT2D eigenvalue weighted by molar-refractivity contribution is -0.122. The molecule has 2 N–H and O–H groups in total. The van der Waals surface area contributed by atoms with Gasteiger partial charge in [0, 0.05) is 29.6 Å². The zero-order valence-electron chi connectivity index (χ0n) is 19.3. The summed E-state index contributed by atoms with van der Waals surface area (Å²) in [6, 6.07) is 8.73. The second-order valence-electron chi connectivity index (χ2n) is 9.39. The first-order chi connectivity index (χ1) is 16.6. The molecule has 3 unspecified atom stereocenters. The Morgan fingerprint density at radius 3 is 2.71 bits per heavy atom. The molecule has 0 spiro atoms. The molecule has 3 aromatic rings. The highest BCUT2D eigenvalue weighted by Gasteiger charge is 2.40. The van der Waals surface area contributed by atoms with E-state index in [2.05, 4.69) is 21.2 Å². The molecule has 3 aliphatic rings. The second-order valence-corrected chi connectivity index (χ2v) is 10.3. The number of benzene rings is 1. The molecular weight excluding hydrogens is 450 g/mol. The molecule has 2 bridgehead atoms. The van der Waals surface area contributed by atoms with E-state index in [1.807, 2.05) is 18.2 Å². The molecule has 0 aliphatic carbocycles. The van der Waals surface area contributed by atoms with E-state index in [9.17, 15) is 4.79 Å². The Kier molecular flexibility index (Phi) is 5.53. The summed E-state index contributed by atoms with van der Waals surface area (Å²) in [4.78, 5) is 27.6. The minimum absolute atomic E-state index is 0.163. The quantitative estimate of drug-likeness (QED) is 0.599. The van der Waals surface area contributed by atoms with Gasteiger partial charge in [-0.3, -0.25) is 4.79 Å². The molecule has 34 heavy (non-hydrogen) atoms. The van der Waals surface area contributed by atoms with Crippen molar-refractivity contribution < 1.29 is 14.3 Å². The fourth-order valence-corrected chi connectivity index (χ4v) is 6.60. The van der Waals surface area contributed by atoms with Crippen molar-refractivity contribution in [1.29, 1.82) is 0 Å². The smallest absolute Gasteiger partial charge is 0.228 e. The van der Waals surface area contributed by atoms with Crippen LogP contribution in [0.4, 0.5) is 11.8 Å². The zero-order valence-corrected chi connectivity index (χ0v) is 20.1. The first kappa shape index (κ1) is 21.6. The number of hydrogen-bond acceptors (Lipinski definition) is 8. The summed E-state index contributed by atoms with van der Waals surface area (Å²) in [7, 11) is 1.70. The lowest BCUT2D eigenvalue weighted by Gasteiger charge is -2.37. The third-order valence-electron chi connectivity index (χ3n) is 7.39. The molecule has 0 saturated carbocycles. The molecule has 3 aliphatic heterocycles. The van der Waals surface area contributed by atoms with Crippen molar-refractivity contribution in [3.8, 4) is 16.9 Å². The largest absolute Gasteiger partial charge is 0.496 e. The van der Waals surface area contributed by atoms with Crippen LogP contribution in [0.5, 0.6) is 5.75 Å². The number of methoxy groups -OCH3 is 1. The molecule has 0 radical (unpaired) electrons. The number of nitrogens with zero attached hydrogens (tertiary/aromatic N) is 4.